The summed E-state index contributed by atoms with van der Waals surface area (Å²) < 4.78 is 0. The molecule has 0 radical (unpaired) electrons. The van der Waals surface area contributed by atoms with E-state index in [-0.39, 0.29) is 5.56 Å². The van der Waals surface area contributed by atoms with Crippen LogP contribution in [0.1, 0.15) is 56.1 Å². The lowest BCUT2D eigenvalue weighted by molar-refractivity contribution is -0.136. The molecule has 1 aliphatic heterocycles. The summed E-state index contributed by atoms with van der Waals surface area (Å²) in [4.78, 5) is 41.8. The summed E-state index contributed by atoms with van der Waals surface area (Å²) in [7, 11) is 0. The van der Waals surface area contributed by atoms with E-state index in [1.54, 1.807) is 13.1 Å². The molecule has 2 aromatic heterocycles. The molecule has 0 saturated carbocycles. The first-order valence-corrected chi connectivity index (χ1v) is 12.0. The molecule has 0 bridgehead atoms. The minimum Gasteiger partial charge on any atom is -0.381 e. The number of nitrogens with two attached hydrogens (primary N) is 1. The van der Waals surface area contributed by atoms with Crippen LogP contribution in [0.3, 0.4) is 0 Å². The second-order valence-corrected chi connectivity index (χ2v) is 9.17. The van der Waals surface area contributed by atoms with Gasteiger partial charge in [-0.2, -0.15) is 4.98 Å². The highest BCUT2D eigenvalue weighted by molar-refractivity contribution is 5.99. The molecule has 11 heteroatoms. The van der Waals surface area contributed by atoms with Crippen molar-refractivity contribution in [2.75, 3.05) is 47.8 Å². The van der Waals surface area contributed by atoms with Crippen molar-refractivity contribution in [3.63, 3.8) is 0 Å². The van der Waals surface area contributed by atoms with Gasteiger partial charge in [0.1, 0.15) is 22.8 Å². The number of nitrogens with zero attached hydrogens (tertiary/aromatic N) is 5. The summed E-state index contributed by atoms with van der Waals surface area (Å²) in [5.74, 6) is 0.672. The van der Waals surface area contributed by atoms with E-state index in [4.69, 9.17) is 5.73 Å². The lowest BCUT2D eigenvalue weighted by Crippen LogP contribution is -2.45. The molecule has 35 heavy (non-hydrogen) atoms. The zero-order valence-corrected chi connectivity index (χ0v) is 21.0. The second-order valence-electron chi connectivity index (χ2n) is 9.17. The van der Waals surface area contributed by atoms with Gasteiger partial charge >= 0.3 is 0 Å². The van der Waals surface area contributed by atoms with Gasteiger partial charge in [-0.25, -0.2) is 9.97 Å². The van der Waals surface area contributed by atoms with Crippen LogP contribution < -0.4 is 26.2 Å². The highest BCUT2D eigenvalue weighted by Crippen LogP contribution is 2.25. The van der Waals surface area contributed by atoms with Crippen molar-refractivity contribution in [2.24, 2.45) is 5.73 Å². The molecule has 190 valence electrons. The Morgan fingerprint density at radius 2 is 1.91 bits per heavy atom. The number of aromatic nitrogens is 3. The number of likely N-dealkylation sites (N-methyl/N-ethyl adjacent to an activating group) is 1. The third-order valence-electron chi connectivity index (χ3n) is 5.90. The van der Waals surface area contributed by atoms with Crippen molar-refractivity contribution < 1.29 is 14.7 Å². The molecule has 2 aromatic rings. The number of anilines is 4. The summed E-state index contributed by atoms with van der Waals surface area (Å²) in [6, 6.07) is 3.70. The largest absolute Gasteiger partial charge is 0.381 e. The lowest BCUT2D eigenvalue weighted by Gasteiger charge is -2.27. The van der Waals surface area contributed by atoms with Crippen molar-refractivity contribution in [1.82, 2.24) is 20.3 Å². The zero-order valence-electron chi connectivity index (χ0n) is 21.0. The molecular formula is C24H36N8O3. The Morgan fingerprint density at radius 3 is 2.49 bits per heavy atom. The molecule has 11 nitrogen and oxygen atoms in total. The number of carbonyl (C=O) groups excluding carboxylic acids is 2. The third kappa shape index (κ3) is 6.78. The number of nitrogens with one attached hydrogen (secondary N) is 2. The molecule has 2 amide bonds. The number of carbonyl (C=O) groups is 2. The maximum Gasteiger partial charge on any atom is 0.254 e. The standard InChI is InChI=1S/C24H36N8O3/c1-5-31(14-11-26-22(34)24(3,4)35)18-10-9-17(15-27-18)29-21-19(20(25)33)16(2)28-23(30-21)32-12-7-6-8-13-32/h9-10,15,35H,5-8,11-14H2,1-4H3,(H2,25,33)(H,26,34)(H,28,29,30). The summed E-state index contributed by atoms with van der Waals surface area (Å²) >= 11 is 0. The summed E-state index contributed by atoms with van der Waals surface area (Å²) in [6.07, 6.45) is 5.03. The van der Waals surface area contributed by atoms with Gasteiger partial charge < -0.3 is 31.3 Å². The molecule has 1 fully saturated rings. The van der Waals surface area contributed by atoms with Crippen LogP contribution in [-0.4, -0.2) is 70.2 Å². The fourth-order valence-electron chi connectivity index (χ4n) is 3.92. The van der Waals surface area contributed by atoms with Gasteiger partial charge in [0, 0.05) is 32.7 Å². The molecule has 3 rings (SSSR count). The van der Waals surface area contributed by atoms with Crippen LogP contribution in [0, 0.1) is 6.92 Å². The lowest BCUT2D eigenvalue weighted by atomic mass is 10.1. The zero-order chi connectivity index (χ0) is 25.6. The topological polar surface area (TPSA) is 150 Å². The maximum absolute atomic E-state index is 12.1. The summed E-state index contributed by atoms with van der Waals surface area (Å²) in [5.41, 5.74) is 5.66. The van der Waals surface area contributed by atoms with Crippen LogP contribution in [0.5, 0.6) is 0 Å². The van der Waals surface area contributed by atoms with Crippen molar-refractivity contribution in [3.05, 3.63) is 29.6 Å². The number of hydrogen-bond donors (Lipinski definition) is 4. The summed E-state index contributed by atoms with van der Waals surface area (Å²) in [5, 5.41) is 15.7. The van der Waals surface area contributed by atoms with Crippen molar-refractivity contribution >= 4 is 35.1 Å². The van der Waals surface area contributed by atoms with Crippen LogP contribution in [0.2, 0.25) is 0 Å². The van der Waals surface area contributed by atoms with E-state index < -0.39 is 17.4 Å². The predicted molar refractivity (Wildman–Crippen MR) is 136 cm³/mol. The fraction of sp³-hybridized carbons (Fsp3) is 0.542. The van der Waals surface area contributed by atoms with Gasteiger partial charge in [0.15, 0.2) is 0 Å². The molecule has 1 saturated heterocycles. The Balaban J connectivity index is 1.74. The first-order valence-electron chi connectivity index (χ1n) is 12.0. The van der Waals surface area contributed by atoms with E-state index in [0.29, 0.717) is 42.8 Å². The monoisotopic (exact) mass is 484 g/mol. The molecule has 0 spiro atoms. The van der Waals surface area contributed by atoms with Crippen LogP contribution in [0.15, 0.2) is 18.3 Å². The van der Waals surface area contributed by atoms with Crippen LogP contribution >= 0.6 is 0 Å². The number of aryl methyl sites for hydroxylation is 1. The summed E-state index contributed by atoms with van der Waals surface area (Å²) in [6.45, 7) is 10.0. The van der Waals surface area contributed by atoms with Gasteiger partial charge in [-0.1, -0.05) is 0 Å². The minimum absolute atomic E-state index is 0.257. The van der Waals surface area contributed by atoms with E-state index in [0.717, 1.165) is 31.7 Å². The highest BCUT2D eigenvalue weighted by Gasteiger charge is 2.23. The van der Waals surface area contributed by atoms with E-state index >= 15 is 0 Å². The number of rotatable bonds is 10. The Hall–Kier alpha value is -3.47. The van der Waals surface area contributed by atoms with Gasteiger partial charge in [0.25, 0.3) is 11.8 Å². The molecule has 0 aliphatic carbocycles. The van der Waals surface area contributed by atoms with Crippen LogP contribution in [0.25, 0.3) is 0 Å². The average Bonchev–Trinajstić information content (AvgIpc) is 2.82. The van der Waals surface area contributed by atoms with Gasteiger partial charge in [0.2, 0.25) is 5.95 Å². The first kappa shape index (κ1) is 26.1. The van der Waals surface area contributed by atoms with Crippen molar-refractivity contribution in [1.29, 1.82) is 0 Å². The third-order valence-corrected chi connectivity index (χ3v) is 5.90. The number of amides is 2. The van der Waals surface area contributed by atoms with Gasteiger partial charge in [-0.05, 0) is 59.1 Å². The maximum atomic E-state index is 12.1. The smallest absolute Gasteiger partial charge is 0.254 e. The van der Waals surface area contributed by atoms with E-state index in [9.17, 15) is 14.7 Å². The van der Waals surface area contributed by atoms with Gasteiger partial charge in [-0.15, -0.1) is 0 Å². The van der Waals surface area contributed by atoms with Crippen LogP contribution in [-0.2, 0) is 4.79 Å². The SMILES string of the molecule is CCN(CCNC(=O)C(C)(C)O)c1ccc(Nc2nc(N3CCCCC3)nc(C)c2C(N)=O)cn1. The number of pyridine rings is 1. The molecule has 0 atom stereocenters. The number of primary amides is 1. The Kier molecular flexibility index (Phi) is 8.44. The van der Waals surface area contributed by atoms with Gasteiger partial charge in [-0.3, -0.25) is 9.59 Å². The minimum atomic E-state index is -1.42. The van der Waals surface area contributed by atoms with Crippen molar-refractivity contribution in [3.8, 4) is 0 Å². The molecule has 0 aromatic carbocycles. The van der Waals surface area contributed by atoms with Crippen molar-refractivity contribution in [2.45, 2.75) is 52.6 Å². The van der Waals surface area contributed by atoms with Crippen LogP contribution in [0.4, 0.5) is 23.3 Å². The van der Waals surface area contributed by atoms with E-state index in [1.165, 1.54) is 20.3 Å². The molecule has 1 aliphatic rings. The van der Waals surface area contributed by atoms with E-state index in [2.05, 4.69) is 30.5 Å². The second kappa shape index (κ2) is 11.3. The average molecular weight is 485 g/mol. The number of piperidine rings is 1. The molecule has 0 unspecified atom stereocenters. The normalized spacial score (nSPS) is 13.9. The Bertz CT molecular complexity index is 1030. The Morgan fingerprint density at radius 1 is 1.20 bits per heavy atom. The molecule has 3 heterocycles. The fourth-order valence-corrected chi connectivity index (χ4v) is 3.92. The number of aliphatic hydroxyl groups is 1. The van der Waals surface area contributed by atoms with Gasteiger partial charge in [0.05, 0.1) is 17.6 Å². The van der Waals surface area contributed by atoms with E-state index in [1.807, 2.05) is 24.0 Å². The Labute approximate surface area is 206 Å². The number of hydrogen-bond acceptors (Lipinski definition) is 9. The molecular weight excluding hydrogens is 448 g/mol. The highest BCUT2D eigenvalue weighted by atomic mass is 16.3. The molecule has 5 N–H and O–H groups in total. The first-order chi connectivity index (χ1) is 16.6. The quantitative estimate of drug-likeness (QED) is 0.395. The predicted octanol–water partition coefficient (Wildman–Crippen LogP) is 1.73.